The van der Waals surface area contributed by atoms with E-state index in [9.17, 15) is 14.4 Å². The fraction of sp³-hybridized carbons (Fsp3) is 0.409. The van der Waals surface area contributed by atoms with E-state index in [1.54, 1.807) is 45.5 Å². The number of ether oxygens (including phenoxy) is 1. The monoisotopic (exact) mass is 803 g/mol. The number of hydrogen-bond acceptors (Lipinski definition) is 11. The highest BCUT2D eigenvalue weighted by Crippen LogP contribution is 2.36. The Morgan fingerprint density at radius 2 is 1.78 bits per heavy atom. The molecule has 2 aliphatic rings. The Kier molecular flexibility index (Phi) is 11.7. The minimum Gasteiger partial charge on any atom is -0.444 e. The lowest BCUT2D eigenvalue weighted by molar-refractivity contribution is -0.117. The van der Waals surface area contributed by atoms with Crippen LogP contribution in [0.4, 0.5) is 22.1 Å². The van der Waals surface area contributed by atoms with E-state index < -0.39 is 11.7 Å². The molecule has 0 spiro atoms. The maximum atomic E-state index is 13.5. The summed E-state index contributed by atoms with van der Waals surface area (Å²) >= 11 is 1.79. The first-order valence-corrected chi connectivity index (χ1v) is 20.6. The average Bonchev–Trinajstić information content (AvgIpc) is 3.84. The molecule has 304 valence electrons. The maximum absolute atomic E-state index is 13.5. The summed E-state index contributed by atoms with van der Waals surface area (Å²) in [5.74, 6) is 1.83. The Morgan fingerprint density at radius 1 is 1.00 bits per heavy atom. The van der Waals surface area contributed by atoms with Crippen LogP contribution < -0.4 is 20.4 Å². The van der Waals surface area contributed by atoms with Crippen LogP contribution in [0, 0.1) is 6.92 Å². The van der Waals surface area contributed by atoms with Gasteiger partial charge in [0, 0.05) is 66.0 Å². The average molecular weight is 804 g/mol. The van der Waals surface area contributed by atoms with Gasteiger partial charge in [0.05, 0.1) is 29.8 Å². The predicted molar refractivity (Wildman–Crippen MR) is 231 cm³/mol. The molecule has 0 radical (unpaired) electrons. The number of nitrogens with zero attached hydrogens (tertiary/aromatic N) is 7. The molecule has 0 aliphatic carbocycles. The number of carbonyl (C=O) groups excluding carboxylic acids is 3. The molecule has 3 aromatic heterocycles. The normalized spacial score (nSPS) is 16.3. The molecule has 2 atom stereocenters. The van der Waals surface area contributed by atoms with Crippen LogP contribution in [0.3, 0.4) is 0 Å². The first-order chi connectivity index (χ1) is 27.6. The van der Waals surface area contributed by atoms with Gasteiger partial charge in [-0.15, -0.1) is 11.3 Å². The van der Waals surface area contributed by atoms with Crippen LogP contribution in [-0.2, 0) is 16.1 Å². The van der Waals surface area contributed by atoms with Crippen molar-refractivity contribution in [3.8, 4) is 10.4 Å². The summed E-state index contributed by atoms with van der Waals surface area (Å²) in [5, 5.41) is 7.69. The van der Waals surface area contributed by atoms with Gasteiger partial charge in [-0.3, -0.25) is 9.59 Å². The van der Waals surface area contributed by atoms with Crippen molar-refractivity contribution in [2.24, 2.45) is 0 Å². The molecule has 0 saturated carbocycles. The Hall–Kier alpha value is -5.60. The molecule has 2 aliphatic heterocycles. The van der Waals surface area contributed by atoms with Gasteiger partial charge in [0.25, 0.3) is 5.91 Å². The molecule has 5 heterocycles. The molecule has 14 heteroatoms. The molecular weight excluding hydrogens is 751 g/mol. The van der Waals surface area contributed by atoms with Crippen LogP contribution in [0.1, 0.15) is 73.7 Å². The van der Waals surface area contributed by atoms with Gasteiger partial charge in [-0.25, -0.2) is 19.7 Å². The lowest BCUT2D eigenvalue weighted by Gasteiger charge is -2.40. The number of thiophene rings is 1. The smallest absolute Gasteiger partial charge is 0.410 e. The molecule has 58 heavy (non-hydrogen) atoms. The Balaban J connectivity index is 0.991. The first-order valence-electron chi connectivity index (χ1n) is 19.8. The minimum absolute atomic E-state index is 0.00333. The quantitative estimate of drug-likeness (QED) is 0.140. The van der Waals surface area contributed by atoms with Crippen molar-refractivity contribution in [1.29, 1.82) is 0 Å². The number of carbonyl (C=O) groups is 3. The second-order valence-electron chi connectivity index (χ2n) is 16.5. The van der Waals surface area contributed by atoms with Crippen LogP contribution in [-0.4, -0.2) is 101 Å². The van der Waals surface area contributed by atoms with Crippen molar-refractivity contribution < 1.29 is 19.1 Å². The van der Waals surface area contributed by atoms with Crippen molar-refractivity contribution >= 4 is 57.5 Å². The summed E-state index contributed by atoms with van der Waals surface area (Å²) in [6.45, 7) is 13.9. The van der Waals surface area contributed by atoms with Crippen LogP contribution in [0.25, 0.3) is 21.3 Å². The summed E-state index contributed by atoms with van der Waals surface area (Å²) in [5.41, 5.74) is 3.78. The number of likely N-dealkylation sites (tertiary alicyclic amines) is 1. The molecule has 2 unspecified atom stereocenters. The predicted octanol–water partition coefficient (Wildman–Crippen LogP) is 7.28. The zero-order chi connectivity index (χ0) is 41.3. The maximum Gasteiger partial charge on any atom is 0.410 e. The van der Waals surface area contributed by atoms with Crippen molar-refractivity contribution in [2.75, 3.05) is 55.4 Å². The number of hydrogen-bond donors (Lipinski definition) is 2. The number of aromatic nitrogens is 3. The van der Waals surface area contributed by atoms with E-state index in [0.29, 0.717) is 49.7 Å². The number of amides is 3. The van der Waals surface area contributed by atoms with E-state index in [-0.39, 0.29) is 29.9 Å². The van der Waals surface area contributed by atoms with Crippen LogP contribution in [0.15, 0.2) is 72.9 Å². The summed E-state index contributed by atoms with van der Waals surface area (Å²) in [6, 6.07) is 21.8. The van der Waals surface area contributed by atoms with Gasteiger partial charge >= 0.3 is 6.09 Å². The fourth-order valence-corrected chi connectivity index (χ4v) is 8.65. The van der Waals surface area contributed by atoms with E-state index in [4.69, 9.17) is 14.7 Å². The molecule has 2 aromatic carbocycles. The summed E-state index contributed by atoms with van der Waals surface area (Å²) < 4.78 is 5.55. The fourth-order valence-electron chi connectivity index (χ4n) is 7.58. The number of benzene rings is 2. The Morgan fingerprint density at radius 3 is 2.52 bits per heavy atom. The van der Waals surface area contributed by atoms with Crippen LogP contribution >= 0.6 is 11.3 Å². The first kappa shape index (κ1) is 40.6. The van der Waals surface area contributed by atoms with Gasteiger partial charge in [-0.1, -0.05) is 30.3 Å². The van der Waals surface area contributed by atoms with Crippen molar-refractivity contribution in [3.05, 3.63) is 94.8 Å². The van der Waals surface area contributed by atoms with Gasteiger partial charge in [0.2, 0.25) is 5.91 Å². The number of rotatable bonds is 11. The molecule has 3 amide bonds. The molecule has 0 bridgehead atoms. The van der Waals surface area contributed by atoms with E-state index in [2.05, 4.69) is 82.8 Å². The van der Waals surface area contributed by atoms with Gasteiger partial charge in [-0.2, -0.15) is 0 Å². The zero-order valence-corrected chi connectivity index (χ0v) is 35.4. The van der Waals surface area contributed by atoms with Gasteiger partial charge < -0.3 is 35.0 Å². The number of nitrogens with one attached hydrogen (secondary N) is 2. The highest BCUT2D eigenvalue weighted by Gasteiger charge is 2.35. The molecule has 7 rings (SSSR count). The summed E-state index contributed by atoms with van der Waals surface area (Å²) in [4.78, 5) is 63.4. The second kappa shape index (κ2) is 16.7. The van der Waals surface area contributed by atoms with Crippen molar-refractivity contribution in [3.63, 3.8) is 0 Å². The molecule has 2 N–H and O–H groups in total. The van der Waals surface area contributed by atoms with Crippen molar-refractivity contribution in [2.45, 2.75) is 78.2 Å². The number of anilines is 3. The lowest BCUT2D eigenvalue weighted by atomic mass is 10.1. The van der Waals surface area contributed by atoms with Crippen LogP contribution in [0.5, 0.6) is 0 Å². The third kappa shape index (κ3) is 9.24. The molecule has 5 aromatic rings. The van der Waals surface area contributed by atoms with Gasteiger partial charge in [-0.05, 0) is 103 Å². The third-order valence-corrected chi connectivity index (χ3v) is 11.6. The highest BCUT2D eigenvalue weighted by molar-refractivity contribution is 7.15. The largest absolute Gasteiger partial charge is 0.444 e. The van der Waals surface area contributed by atoms with E-state index in [0.717, 1.165) is 29.1 Å². The molecular formula is C44H53N9O4S. The summed E-state index contributed by atoms with van der Waals surface area (Å²) in [6.07, 6.45) is 2.01. The van der Waals surface area contributed by atoms with Gasteiger partial charge in [0.1, 0.15) is 23.1 Å². The number of pyridine rings is 1. The van der Waals surface area contributed by atoms with Crippen LogP contribution in [0.2, 0.25) is 0 Å². The van der Waals surface area contributed by atoms with E-state index >= 15 is 0 Å². The minimum atomic E-state index is -0.606. The SMILES string of the molecule is CC(=O)N(c1cccc(C(=O)NC2CN(c3cc4c(NC(C)c5ccc(-c6ccccc6CN(C)C)s5)nc(C)nc4cn3)C2)c1)C1CCN(C(=O)OC(C)(C)C)C1. The lowest BCUT2D eigenvalue weighted by Crippen LogP contribution is -2.59. The third-order valence-electron chi connectivity index (χ3n) is 10.3. The Bertz CT molecular complexity index is 2320. The van der Waals surface area contributed by atoms with Crippen molar-refractivity contribution in [1.82, 2.24) is 30.1 Å². The topological polar surface area (TPSA) is 136 Å². The molecule has 2 saturated heterocycles. The Labute approximate surface area is 344 Å². The second-order valence-corrected chi connectivity index (χ2v) is 17.6. The van der Waals surface area contributed by atoms with E-state index in [1.165, 1.54) is 27.8 Å². The van der Waals surface area contributed by atoms with Gasteiger partial charge in [0.15, 0.2) is 0 Å². The number of fused-ring (bicyclic) bond motifs is 1. The molecule has 2 fully saturated rings. The summed E-state index contributed by atoms with van der Waals surface area (Å²) in [7, 11) is 4.18. The highest BCUT2D eigenvalue weighted by atomic mass is 32.1. The number of aryl methyl sites for hydroxylation is 1. The standard InChI is InChI=1S/C44H53N9O4S/c1-27(38-16-17-39(58-38)35-15-10-9-12-31(35)23-50(7)8)46-41-36-21-40(45-22-37(36)47-28(2)48-41)52-24-32(25-52)49-42(55)30-13-11-14-33(20-30)53(29(3)54)34-18-19-51(26-34)43(56)57-44(4,5)6/h9-17,20-22,27,32,34H,18-19,23-26H2,1-8H3,(H,49,55)(H,46,47,48). The zero-order valence-electron chi connectivity index (χ0n) is 34.6. The van der Waals surface area contributed by atoms with E-state index in [1.807, 2.05) is 39.8 Å². The molecule has 13 nitrogen and oxygen atoms in total.